The lowest BCUT2D eigenvalue weighted by atomic mass is 9.87. The van der Waals surface area contributed by atoms with Crippen molar-refractivity contribution >= 4 is 0 Å². The van der Waals surface area contributed by atoms with E-state index in [0.29, 0.717) is 6.04 Å². The highest BCUT2D eigenvalue weighted by atomic mass is 15.3. The molecule has 1 atom stereocenters. The first kappa shape index (κ1) is 15.5. The number of piperidine rings is 1. The van der Waals surface area contributed by atoms with Crippen molar-refractivity contribution in [3.63, 3.8) is 0 Å². The minimum absolute atomic E-state index is 0.114. The molecule has 1 aromatic heterocycles. The predicted molar refractivity (Wildman–Crippen MR) is 83.7 cm³/mol. The lowest BCUT2D eigenvalue weighted by molar-refractivity contribution is 0.0582. The molecule has 1 aliphatic heterocycles. The van der Waals surface area contributed by atoms with E-state index >= 15 is 0 Å². The van der Waals surface area contributed by atoms with E-state index < -0.39 is 0 Å². The van der Waals surface area contributed by atoms with Crippen LogP contribution in [0.3, 0.4) is 0 Å². The predicted octanol–water partition coefficient (Wildman–Crippen LogP) is 2.73. The standard InChI is InChI=1S/C16H30N4/c1-5-10-17-15(14-9-11-18-19(14)4)16(2,3)20-12-7-6-8-13-20/h9,11,15,17H,5-8,10,12-13H2,1-4H3. The van der Waals surface area contributed by atoms with E-state index in [1.54, 1.807) is 0 Å². The third kappa shape index (κ3) is 3.23. The summed E-state index contributed by atoms with van der Waals surface area (Å²) in [5.41, 5.74) is 1.40. The van der Waals surface area contributed by atoms with Crippen LogP contribution >= 0.6 is 0 Å². The molecule has 1 saturated heterocycles. The number of aromatic nitrogens is 2. The molecule has 4 nitrogen and oxygen atoms in total. The van der Waals surface area contributed by atoms with Gasteiger partial charge in [0, 0.05) is 18.8 Å². The summed E-state index contributed by atoms with van der Waals surface area (Å²) in [4.78, 5) is 2.65. The Hall–Kier alpha value is -0.870. The SMILES string of the molecule is CCCNC(c1ccnn1C)C(C)(C)N1CCCCC1. The molecule has 0 amide bonds. The van der Waals surface area contributed by atoms with Crippen LogP contribution in [0, 0.1) is 0 Å². The molecule has 1 aromatic rings. The van der Waals surface area contributed by atoms with Crippen LogP contribution < -0.4 is 5.32 Å². The van der Waals surface area contributed by atoms with E-state index in [9.17, 15) is 0 Å². The van der Waals surface area contributed by atoms with E-state index in [1.165, 1.54) is 38.0 Å². The molecule has 2 rings (SSSR count). The van der Waals surface area contributed by atoms with Gasteiger partial charge in [0.15, 0.2) is 0 Å². The van der Waals surface area contributed by atoms with Crippen molar-refractivity contribution in [3.8, 4) is 0 Å². The monoisotopic (exact) mass is 278 g/mol. The summed E-state index contributed by atoms with van der Waals surface area (Å²) in [5.74, 6) is 0. The van der Waals surface area contributed by atoms with E-state index in [1.807, 2.05) is 17.9 Å². The average Bonchev–Trinajstić information content (AvgIpc) is 2.86. The van der Waals surface area contributed by atoms with Gasteiger partial charge in [0.1, 0.15) is 0 Å². The largest absolute Gasteiger partial charge is 0.307 e. The van der Waals surface area contributed by atoms with Gasteiger partial charge in [0.2, 0.25) is 0 Å². The van der Waals surface area contributed by atoms with Crippen LogP contribution in [0.1, 0.15) is 58.2 Å². The van der Waals surface area contributed by atoms with Crippen molar-refractivity contribution in [2.45, 2.75) is 58.0 Å². The maximum atomic E-state index is 4.36. The minimum Gasteiger partial charge on any atom is -0.307 e. The van der Waals surface area contributed by atoms with Gasteiger partial charge in [-0.05, 0) is 58.8 Å². The Labute approximate surface area is 123 Å². The second-order valence-corrected chi connectivity index (χ2v) is 6.47. The number of hydrogen-bond acceptors (Lipinski definition) is 3. The summed E-state index contributed by atoms with van der Waals surface area (Å²) in [5, 5.41) is 8.11. The van der Waals surface area contributed by atoms with Crippen molar-refractivity contribution in [1.29, 1.82) is 0 Å². The summed E-state index contributed by atoms with van der Waals surface area (Å²) < 4.78 is 2.01. The Morgan fingerprint density at radius 2 is 2.00 bits per heavy atom. The molecule has 1 unspecified atom stereocenters. The lowest BCUT2D eigenvalue weighted by Gasteiger charge is -2.46. The molecule has 0 saturated carbocycles. The quantitative estimate of drug-likeness (QED) is 0.868. The molecule has 0 bridgehead atoms. The van der Waals surface area contributed by atoms with Gasteiger partial charge in [0.05, 0.1) is 11.7 Å². The first-order chi connectivity index (χ1) is 9.57. The molecule has 1 fully saturated rings. The second-order valence-electron chi connectivity index (χ2n) is 6.47. The highest BCUT2D eigenvalue weighted by molar-refractivity contribution is 5.14. The van der Waals surface area contributed by atoms with E-state index in [-0.39, 0.29) is 5.54 Å². The summed E-state index contributed by atoms with van der Waals surface area (Å²) >= 11 is 0. The van der Waals surface area contributed by atoms with Crippen molar-refractivity contribution in [1.82, 2.24) is 20.0 Å². The van der Waals surface area contributed by atoms with Crippen molar-refractivity contribution in [2.75, 3.05) is 19.6 Å². The second kappa shape index (κ2) is 6.72. The van der Waals surface area contributed by atoms with Crippen molar-refractivity contribution in [3.05, 3.63) is 18.0 Å². The van der Waals surface area contributed by atoms with Crippen molar-refractivity contribution < 1.29 is 0 Å². The first-order valence-corrected chi connectivity index (χ1v) is 8.03. The number of aryl methyl sites for hydroxylation is 1. The zero-order valence-electron chi connectivity index (χ0n) is 13.5. The smallest absolute Gasteiger partial charge is 0.0673 e. The Bertz CT molecular complexity index is 404. The van der Waals surface area contributed by atoms with Gasteiger partial charge in [-0.3, -0.25) is 9.58 Å². The Kier molecular flexibility index (Phi) is 5.22. The summed E-state index contributed by atoms with van der Waals surface area (Å²) in [6.07, 6.45) is 7.10. The van der Waals surface area contributed by atoms with Gasteiger partial charge in [-0.15, -0.1) is 0 Å². The van der Waals surface area contributed by atoms with Crippen LogP contribution in [0.15, 0.2) is 12.3 Å². The maximum absolute atomic E-state index is 4.36. The molecular weight excluding hydrogens is 248 g/mol. The zero-order valence-corrected chi connectivity index (χ0v) is 13.5. The van der Waals surface area contributed by atoms with Gasteiger partial charge in [-0.2, -0.15) is 5.10 Å². The molecule has 4 heteroatoms. The molecule has 1 N–H and O–H groups in total. The van der Waals surface area contributed by atoms with Crippen LogP contribution in [0.4, 0.5) is 0 Å². The molecule has 0 aromatic carbocycles. The lowest BCUT2D eigenvalue weighted by Crippen LogP contribution is -2.54. The van der Waals surface area contributed by atoms with Gasteiger partial charge >= 0.3 is 0 Å². The fraction of sp³-hybridized carbons (Fsp3) is 0.812. The zero-order chi connectivity index (χ0) is 14.6. The normalized spacial score (nSPS) is 19.2. The molecule has 0 aliphatic carbocycles. The Morgan fingerprint density at radius 1 is 1.30 bits per heavy atom. The molecular formula is C16H30N4. The summed E-state index contributed by atoms with van der Waals surface area (Å²) in [7, 11) is 2.04. The summed E-state index contributed by atoms with van der Waals surface area (Å²) in [6, 6.07) is 2.48. The molecule has 0 spiro atoms. The van der Waals surface area contributed by atoms with E-state index in [0.717, 1.165) is 13.0 Å². The first-order valence-electron chi connectivity index (χ1n) is 8.03. The van der Waals surface area contributed by atoms with Crippen LogP contribution in [-0.2, 0) is 7.05 Å². The van der Waals surface area contributed by atoms with Crippen molar-refractivity contribution in [2.24, 2.45) is 7.05 Å². The average molecular weight is 278 g/mol. The van der Waals surface area contributed by atoms with Crippen LogP contribution in [0.5, 0.6) is 0 Å². The number of likely N-dealkylation sites (tertiary alicyclic amines) is 1. The van der Waals surface area contributed by atoms with Gasteiger partial charge in [-0.1, -0.05) is 13.3 Å². The third-order valence-electron chi connectivity index (χ3n) is 4.63. The fourth-order valence-electron chi connectivity index (χ4n) is 3.33. The van der Waals surface area contributed by atoms with Gasteiger partial charge in [-0.25, -0.2) is 0 Å². The number of hydrogen-bond donors (Lipinski definition) is 1. The third-order valence-corrected chi connectivity index (χ3v) is 4.63. The van der Waals surface area contributed by atoms with Gasteiger partial charge in [0.25, 0.3) is 0 Å². The fourth-order valence-corrected chi connectivity index (χ4v) is 3.33. The Balaban J connectivity index is 2.22. The minimum atomic E-state index is 0.114. The van der Waals surface area contributed by atoms with E-state index in [4.69, 9.17) is 0 Å². The molecule has 114 valence electrons. The Morgan fingerprint density at radius 3 is 2.55 bits per heavy atom. The number of nitrogens with one attached hydrogen (secondary N) is 1. The molecule has 2 heterocycles. The highest BCUT2D eigenvalue weighted by Gasteiger charge is 2.37. The molecule has 1 aliphatic rings. The van der Waals surface area contributed by atoms with Gasteiger partial charge < -0.3 is 5.32 Å². The molecule has 20 heavy (non-hydrogen) atoms. The van der Waals surface area contributed by atoms with Crippen LogP contribution in [0.25, 0.3) is 0 Å². The topological polar surface area (TPSA) is 33.1 Å². The summed E-state index contributed by atoms with van der Waals surface area (Å²) in [6.45, 7) is 10.5. The van der Waals surface area contributed by atoms with E-state index in [2.05, 4.69) is 42.2 Å². The van der Waals surface area contributed by atoms with Crippen LogP contribution in [-0.4, -0.2) is 39.9 Å². The number of rotatable bonds is 6. The molecule has 0 radical (unpaired) electrons. The van der Waals surface area contributed by atoms with Crippen LogP contribution in [0.2, 0.25) is 0 Å². The maximum Gasteiger partial charge on any atom is 0.0673 e. The highest BCUT2D eigenvalue weighted by Crippen LogP contribution is 2.32. The number of nitrogens with zero attached hydrogens (tertiary/aromatic N) is 3.